The van der Waals surface area contributed by atoms with Crippen molar-refractivity contribution in [2.45, 2.75) is 58.0 Å². The van der Waals surface area contributed by atoms with Crippen LogP contribution in [0.15, 0.2) is 48.5 Å². The van der Waals surface area contributed by atoms with Crippen LogP contribution in [-0.2, 0) is 27.7 Å². The number of nitrogens with zero attached hydrogens (tertiary/aromatic N) is 1. The molecule has 1 amide bonds. The smallest absolute Gasteiger partial charge is 0.244 e. The number of hydrogen-bond donors (Lipinski definition) is 1. The van der Waals surface area contributed by atoms with Crippen molar-refractivity contribution in [3.05, 3.63) is 65.2 Å². The van der Waals surface area contributed by atoms with Crippen LogP contribution in [0.2, 0.25) is 0 Å². The number of carbonyl (C=O) groups is 1. The van der Waals surface area contributed by atoms with Gasteiger partial charge in [-0.2, -0.15) is 0 Å². The van der Waals surface area contributed by atoms with Crippen molar-refractivity contribution < 1.29 is 13.2 Å². The molecule has 0 saturated carbocycles. The molecule has 6 heteroatoms. The van der Waals surface area contributed by atoms with Gasteiger partial charge in [0.05, 0.1) is 18.0 Å². The van der Waals surface area contributed by atoms with Crippen LogP contribution in [0, 0.1) is 0 Å². The first-order valence-electron chi connectivity index (χ1n) is 10.3. The van der Waals surface area contributed by atoms with E-state index in [0.717, 1.165) is 24.7 Å². The van der Waals surface area contributed by atoms with E-state index in [9.17, 15) is 13.2 Å². The number of hydrogen-bond acceptors (Lipinski definition) is 3. The molecule has 1 N–H and O–H groups in total. The van der Waals surface area contributed by atoms with Gasteiger partial charge in [0.25, 0.3) is 0 Å². The summed E-state index contributed by atoms with van der Waals surface area (Å²) >= 11 is 0. The standard InChI is InChI=1S/C23H30N2O3S/c1-4-22(25(29(3,27)28)21-12-6-5-7-13-21)23(26)24-17(2)19-15-14-18-10-8-9-11-20(18)16-19/h5-7,12-17,22H,4,8-11H2,1-3H3,(H,24,26). The zero-order chi connectivity index (χ0) is 21.0. The maximum absolute atomic E-state index is 13.1. The van der Waals surface area contributed by atoms with Crippen molar-refractivity contribution in [2.24, 2.45) is 0 Å². The van der Waals surface area contributed by atoms with E-state index in [1.165, 1.54) is 28.3 Å². The van der Waals surface area contributed by atoms with Gasteiger partial charge in [-0.3, -0.25) is 9.10 Å². The lowest BCUT2D eigenvalue weighted by Crippen LogP contribution is -2.49. The number of rotatable bonds is 7. The zero-order valence-electron chi connectivity index (χ0n) is 17.4. The summed E-state index contributed by atoms with van der Waals surface area (Å²) in [5.74, 6) is -0.285. The topological polar surface area (TPSA) is 66.5 Å². The molecule has 1 aliphatic rings. The summed E-state index contributed by atoms with van der Waals surface area (Å²) in [4.78, 5) is 13.1. The van der Waals surface area contributed by atoms with E-state index in [2.05, 4.69) is 23.5 Å². The molecule has 3 rings (SSSR count). The van der Waals surface area contributed by atoms with Crippen LogP contribution in [0.4, 0.5) is 5.69 Å². The molecule has 0 fully saturated rings. The van der Waals surface area contributed by atoms with Crippen LogP contribution >= 0.6 is 0 Å². The third-order valence-electron chi connectivity index (χ3n) is 5.57. The lowest BCUT2D eigenvalue weighted by Gasteiger charge is -2.31. The highest BCUT2D eigenvalue weighted by Crippen LogP contribution is 2.26. The van der Waals surface area contributed by atoms with Gasteiger partial charge in [-0.1, -0.05) is 43.3 Å². The van der Waals surface area contributed by atoms with Gasteiger partial charge in [0.1, 0.15) is 6.04 Å². The number of fused-ring (bicyclic) bond motifs is 1. The summed E-state index contributed by atoms with van der Waals surface area (Å²) in [6.45, 7) is 3.78. The maximum atomic E-state index is 13.1. The first-order valence-corrected chi connectivity index (χ1v) is 12.1. The molecule has 0 radical (unpaired) electrons. The minimum Gasteiger partial charge on any atom is -0.348 e. The van der Waals surface area contributed by atoms with E-state index < -0.39 is 16.1 Å². The SMILES string of the molecule is CCC(C(=O)NC(C)c1ccc2c(c1)CCCC2)N(c1ccccc1)S(C)(=O)=O. The fraction of sp³-hybridized carbons (Fsp3) is 0.435. The van der Waals surface area contributed by atoms with Gasteiger partial charge in [-0.25, -0.2) is 8.42 Å². The van der Waals surface area contributed by atoms with Gasteiger partial charge in [0.15, 0.2) is 0 Å². The molecule has 0 heterocycles. The number of amides is 1. The number of para-hydroxylation sites is 1. The van der Waals surface area contributed by atoms with Gasteiger partial charge in [-0.05, 0) is 67.9 Å². The zero-order valence-corrected chi connectivity index (χ0v) is 18.2. The number of benzene rings is 2. The van der Waals surface area contributed by atoms with E-state index in [1.807, 2.05) is 19.9 Å². The van der Waals surface area contributed by atoms with Gasteiger partial charge < -0.3 is 5.32 Å². The molecular weight excluding hydrogens is 384 g/mol. The molecule has 29 heavy (non-hydrogen) atoms. The molecule has 0 saturated heterocycles. The molecule has 156 valence electrons. The second-order valence-corrected chi connectivity index (χ2v) is 9.64. The molecule has 2 unspecified atom stereocenters. The van der Waals surface area contributed by atoms with Crippen LogP contribution in [0.3, 0.4) is 0 Å². The number of aryl methyl sites for hydroxylation is 2. The lowest BCUT2D eigenvalue weighted by molar-refractivity contribution is -0.122. The Bertz CT molecular complexity index is 957. The fourth-order valence-electron chi connectivity index (χ4n) is 4.05. The molecule has 0 bridgehead atoms. The minimum absolute atomic E-state index is 0.194. The Morgan fingerprint density at radius 3 is 2.34 bits per heavy atom. The van der Waals surface area contributed by atoms with Gasteiger partial charge in [0.2, 0.25) is 15.9 Å². The first-order chi connectivity index (χ1) is 13.8. The van der Waals surface area contributed by atoms with Crippen LogP contribution in [0.5, 0.6) is 0 Å². The number of carbonyl (C=O) groups excluding carboxylic acids is 1. The van der Waals surface area contributed by atoms with Gasteiger partial charge in [0, 0.05) is 0 Å². The third-order valence-corrected chi connectivity index (χ3v) is 6.75. The van der Waals surface area contributed by atoms with Crippen LogP contribution in [-0.4, -0.2) is 26.6 Å². The van der Waals surface area contributed by atoms with Crippen molar-refractivity contribution in [1.29, 1.82) is 0 Å². The van der Waals surface area contributed by atoms with Crippen molar-refractivity contribution in [1.82, 2.24) is 5.32 Å². The predicted octanol–water partition coefficient (Wildman–Crippen LogP) is 3.99. The Labute approximate surface area is 174 Å². The second kappa shape index (κ2) is 8.99. The van der Waals surface area contributed by atoms with Gasteiger partial charge >= 0.3 is 0 Å². The average Bonchev–Trinajstić information content (AvgIpc) is 2.71. The molecule has 2 aromatic rings. The van der Waals surface area contributed by atoms with Gasteiger partial charge in [-0.15, -0.1) is 0 Å². The van der Waals surface area contributed by atoms with Crippen molar-refractivity contribution in [3.8, 4) is 0 Å². The highest BCUT2D eigenvalue weighted by Gasteiger charge is 2.32. The van der Waals surface area contributed by atoms with Crippen LogP contribution in [0.1, 0.15) is 55.8 Å². The monoisotopic (exact) mass is 414 g/mol. The Morgan fingerprint density at radius 2 is 1.72 bits per heavy atom. The molecule has 2 atom stereocenters. The highest BCUT2D eigenvalue weighted by atomic mass is 32.2. The minimum atomic E-state index is -3.61. The van der Waals surface area contributed by atoms with E-state index in [-0.39, 0.29) is 11.9 Å². The molecule has 0 aliphatic heterocycles. The Kier molecular flexibility index (Phi) is 6.63. The van der Waals surface area contributed by atoms with Crippen molar-refractivity contribution >= 4 is 21.6 Å². The molecular formula is C23H30N2O3S. The normalized spacial score (nSPS) is 15.8. The van der Waals surface area contributed by atoms with E-state index >= 15 is 0 Å². The lowest BCUT2D eigenvalue weighted by atomic mass is 9.89. The molecule has 5 nitrogen and oxygen atoms in total. The summed E-state index contributed by atoms with van der Waals surface area (Å²) in [6.07, 6.45) is 6.16. The summed E-state index contributed by atoms with van der Waals surface area (Å²) in [6, 6.07) is 14.2. The van der Waals surface area contributed by atoms with Crippen molar-refractivity contribution in [3.63, 3.8) is 0 Å². The summed E-state index contributed by atoms with van der Waals surface area (Å²) < 4.78 is 26.2. The number of sulfonamides is 1. The first kappa shape index (κ1) is 21.4. The molecule has 2 aromatic carbocycles. The van der Waals surface area contributed by atoms with Crippen LogP contribution in [0.25, 0.3) is 0 Å². The summed E-state index contributed by atoms with van der Waals surface area (Å²) in [7, 11) is -3.61. The largest absolute Gasteiger partial charge is 0.348 e. The second-order valence-electron chi connectivity index (χ2n) is 7.78. The molecule has 0 spiro atoms. The van der Waals surface area contributed by atoms with E-state index in [0.29, 0.717) is 12.1 Å². The Hall–Kier alpha value is -2.34. The molecule has 0 aromatic heterocycles. The summed E-state index contributed by atoms with van der Waals surface area (Å²) in [5.41, 5.74) is 4.32. The fourth-order valence-corrected chi connectivity index (χ4v) is 5.26. The average molecular weight is 415 g/mol. The predicted molar refractivity (Wildman–Crippen MR) is 117 cm³/mol. The van der Waals surface area contributed by atoms with E-state index in [4.69, 9.17) is 0 Å². The Balaban J connectivity index is 1.81. The number of anilines is 1. The quantitative estimate of drug-likeness (QED) is 0.745. The number of nitrogens with one attached hydrogen (secondary N) is 1. The van der Waals surface area contributed by atoms with Crippen LogP contribution < -0.4 is 9.62 Å². The Morgan fingerprint density at radius 1 is 1.07 bits per heavy atom. The summed E-state index contributed by atoms with van der Waals surface area (Å²) in [5, 5.41) is 3.03. The van der Waals surface area contributed by atoms with E-state index in [1.54, 1.807) is 24.3 Å². The third kappa shape index (κ3) is 4.99. The maximum Gasteiger partial charge on any atom is 0.244 e. The van der Waals surface area contributed by atoms with Crippen molar-refractivity contribution in [2.75, 3.05) is 10.6 Å². The highest BCUT2D eigenvalue weighted by molar-refractivity contribution is 7.92. The molecule has 1 aliphatic carbocycles.